The maximum atomic E-state index is 13.2. The fourth-order valence-corrected chi connectivity index (χ4v) is 3.75. The second kappa shape index (κ2) is 6.85. The van der Waals surface area contributed by atoms with E-state index in [-0.39, 0.29) is 22.8 Å². The van der Waals surface area contributed by atoms with Gasteiger partial charge in [-0.25, -0.2) is 4.90 Å². The third-order valence-electron chi connectivity index (χ3n) is 4.90. The van der Waals surface area contributed by atoms with Crippen molar-refractivity contribution in [3.8, 4) is 5.75 Å². The van der Waals surface area contributed by atoms with E-state index < -0.39 is 28.8 Å². The molecule has 2 aromatic carbocycles. The van der Waals surface area contributed by atoms with Gasteiger partial charge in [0.05, 0.1) is 17.7 Å². The number of halogens is 1. The molecule has 2 amide bonds. The van der Waals surface area contributed by atoms with Crippen molar-refractivity contribution in [3.05, 3.63) is 62.7 Å². The van der Waals surface area contributed by atoms with E-state index in [9.17, 15) is 19.7 Å². The van der Waals surface area contributed by atoms with Gasteiger partial charge in [-0.2, -0.15) is 0 Å². The summed E-state index contributed by atoms with van der Waals surface area (Å²) in [7, 11) is 1.27. The maximum absolute atomic E-state index is 13.2. The first kappa shape index (κ1) is 18.9. The highest BCUT2D eigenvalue weighted by atomic mass is 35.5. The molecule has 0 unspecified atom stereocenters. The molecule has 2 atom stereocenters. The molecule has 2 heterocycles. The molecule has 10 heteroatoms. The molecule has 9 nitrogen and oxygen atoms in total. The van der Waals surface area contributed by atoms with Crippen LogP contribution in [-0.2, 0) is 14.4 Å². The average molecular weight is 416 g/mol. The molecule has 0 spiro atoms. The summed E-state index contributed by atoms with van der Waals surface area (Å²) in [6, 6.07) is 9.37. The first-order valence-corrected chi connectivity index (χ1v) is 8.92. The summed E-state index contributed by atoms with van der Waals surface area (Å²) in [4.78, 5) is 43.0. The second-order valence-corrected chi connectivity index (χ2v) is 6.95. The van der Waals surface area contributed by atoms with Crippen LogP contribution in [0.25, 0.3) is 0 Å². The third-order valence-corrected chi connectivity index (χ3v) is 5.23. The number of ether oxygens (including phenoxy) is 1. The van der Waals surface area contributed by atoms with Gasteiger partial charge in [0.2, 0.25) is 12.0 Å². The van der Waals surface area contributed by atoms with Crippen LogP contribution in [0.4, 0.5) is 11.4 Å². The number of nitro groups is 1. The molecule has 1 fully saturated rings. The number of carbonyl (C=O) groups excluding carboxylic acids is 2. The molecule has 2 aromatic rings. The van der Waals surface area contributed by atoms with Crippen molar-refractivity contribution >= 4 is 40.5 Å². The Bertz CT molecular complexity index is 1100. The minimum absolute atomic E-state index is 0.0610. The zero-order valence-corrected chi connectivity index (χ0v) is 16.0. The van der Waals surface area contributed by atoms with E-state index in [2.05, 4.69) is 5.16 Å². The third kappa shape index (κ3) is 2.82. The van der Waals surface area contributed by atoms with Gasteiger partial charge in [0.1, 0.15) is 11.6 Å². The first-order chi connectivity index (χ1) is 13.8. The van der Waals surface area contributed by atoms with Gasteiger partial charge in [0, 0.05) is 22.7 Å². The van der Waals surface area contributed by atoms with Crippen LogP contribution >= 0.6 is 11.6 Å². The zero-order chi connectivity index (χ0) is 20.9. The normalized spacial score (nSPS) is 20.4. The van der Waals surface area contributed by atoms with Crippen LogP contribution < -0.4 is 9.64 Å². The molecule has 2 aliphatic heterocycles. The number of rotatable bonds is 4. The van der Waals surface area contributed by atoms with E-state index >= 15 is 0 Å². The van der Waals surface area contributed by atoms with Crippen molar-refractivity contribution < 1.29 is 24.1 Å². The number of methoxy groups -OCH3 is 1. The molecule has 0 bridgehead atoms. The Morgan fingerprint density at radius 3 is 2.62 bits per heavy atom. The van der Waals surface area contributed by atoms with Crippen molar-refractivity contribution in [3.63, 3.8) is 0 Å². The van der Waals surface area contributed by atoms with Gasteiger partial charge in [-0.05, 0) is 18.6 Å². The Hall–Kier alpha value is -3.46. The highest BCUT2D eigenvalue weighted by Crippen LogP contribution is 2.40. The number of aryl methyl sites for hydroxylation is 1. The summed E-state index contributed by atoms with van der Waals surface area (Å²) in [5.74, 6) is -2.17. The minimum atomic E-state index is -1.12. The number of oxime groups is 1. The molecule has 0 saturated carbocycles. The summed E-state index contributed by atoms with van der Waals surface area (Å²) in [5, 5.41) is 15.5. The van der Waals surface area contributed by atoms with Crippen molar-refractivity contribution in [1.82, 2.24) is 0 Å². The molecule has 29 heavy (non-hydrogen) atoms. The number of amides is 2. The average Bonchev–Trinajstić information content (AvgIpc) is 3.23. The molecule has 0 N–H and O–H groups in total. The van der Waals surface area contributed by atoms with Gasteiger partial charge in [-0.15, -0.1) is 0 Å². The van der Waals surface area contributed by atoms with Crippen LogP contribution in [0.2, 0.25) is 5.02 Å². The number of nitrogens with zero attached hydrogens (tertiary/aromatic N) is 3. The van der Waals surface area contributed by atoms with Crippen LogP contribution in [0.5, 0.6) is 5.75 Å². The second-order valence-electron chi connectivity index (χ2n) is 6.54. The first-order valence-electron chi connectivity index (χ1n) is 8.54. The van der Waals surface area contributed by atoms with Crippen LogP contribution in [0.3, 0.4) is 0 Å². The number of hydrogen-bond donors (Lipinski definition) is 0. The van der Waals surface area contributed by atoms with Gasteiger partial charge >= 0.3 is 5.69 Å². The minimum Gasteiger partial charge on any atom is -0.490 e. The summed E-state index contributed by atoms with van der Waals surface area (Å²) in [6.07, 6.45) is -1.12. The topological polar surface area (TPSA) is 111 Å². The number of fused-ring (bicyclic) bond motifs is 1. The number of hydrogen-bond acceptors (Lipinski definition) is 7. The SMILES string of the molecule is COc1cc(N2C(=O)[C@@H]3C(c4ccccc4Cl)=NO[C@@H]3C2=O)c(C)cc1[N+](=O)[O-]. The van der Waals surface area contributed by atoms with E-state index in [1.807, 2.05) is 0 Å². The highest BCUT2D eigenvalue weighted by molar-refractivity contribution is 6.38. The zero-order valence-electron chi connectivity index (χ0n) is 15.3. The van der Waals surface area contributed by atoms with E-state index in [0.29, 0.717) is 16.1 Å². The molecule has 0 aliphatic carbocycles. The molecule has 2 aliphatic rings. The standard InChI is InChI=1S/C19H14ClN3O6/c1-9-7-13(23(26)27)14(28-2)8-12(9)22-18(24)15-16(21-29-17(15)19(22)25)10-5-3-4-6-11(10)20/h3-8,15,17H,1-2H3/t15-,17+/m1/s1. The summed E-state index contributed by atoms with van der Waals surface area (Å²) in [6.45, 7) is 1.57. The molecule has 4 rings (SSSR count). The Kier molecular flexibility index (Phi) is 4.46. The number of imide groups is 1. The van der Waals surface area contributed by atoms with Gasteiger partial charge < -0.3 is 9.57 Å². The largest absolute Gasteiger partial charge is 0.490 e. The number of carbonyl (C=O) groups is 2. The fraction of sp³-hybridized carbons (Fsp3) is 0.211. The Labute approximate surface area is 169 Å². The van der Waals surface area contributed by atoms with Crippen LogP contribution in [0, 0.1) is 23.0 Å². The molecular weight excluding hydrogens is 402 g/mol. The quantitative estimate of drug-likeness (QED) is 0.431. The van der Waals surface area contributed by atoms with E-state index in [1.54, 1.807) is 31.2 Å². The van der Waals surface area contributed by atoms with Crippen LogP contribution in [0.1, 0.15) is 11.1 Å². The lowest BCUT2D eigenvalue weighted by Gasteiger charge is -2.18. The van der Waals surface area contributed by atoms with E-state index in [1.165, 1.54) is 19.2 Å². The Balaban J connectivity index is 1.77. The molecular formula is C19H14ClN3O6. The van der Waals surface area contributed by atoms with Gasteiger partial charge in [0.25, 0.3) is 5.91 Å². The molecule has 1 saturated heterocycles. The highest BCUT2D eigenvalue weighted by Gasteiger charge is 2.56. The lowest BCUT2D eigenvalue weighted by Crippen LogP contribution is -2.33. The summed E-state index contributed by atoms with van der Waals surface area (Å²) in [5.41, 5.74) is 1.08. The lowest BCUT2D eigenvalue weighted by molar-refractivity contribution is -0.385. The summed E-state index contributed by atoms with van der Waals surface area (Å²) < 4.78 is 5.07. The van der Waals surface area contributed by atoms with Crippen molar-refractivity contribution in [2.24, 2.45) is 11.1 Å². The number of anilines is 1. The number of benzene rings is 2. The van der Waals surface area contributed by atoms with Crippen molar-refractivity contribution in [1.29, 1.82) is 0 Å². The van der Waals surface area contributed by atoms with Crippen molar-refractivity contribution in [2.45, 2.75) is 13.0 Å². The summed E-state index contributed by atoms with van der Waals surface area (Å²) >= 11 is 6.22. The van der Waals surface area contributed by atoms with E-state index in [4.69, 9.17) is 21.2 Å². The predicted octanol–water partition coefficient (Wildman–Crippen LogP) is 2.86. The molecule has 148 valence electrons. The lowest BCUT2D eigenvalue weighted by atomic mass is 9.94. The van der Waals surface area contributed by atoms with E-state index in [0.717, 1.165) is 4.90 Å². The van der Waals surface area contributed by atoms with Crippen LogP contribution in [0.15, 0.2) is 41.6 Å². The Morgan fingerprint density at radius 2 is 1.97 bits per heavy atom. The van der Waals surface area contributed by atoms with Gasteiger partial charge in [-0.3, -0.25) is 19.7 Å². The fourth-order valence-electron chi connectivity index (χ4n) is 3.52. The van der Waals surface area contributed by atoms with Crippen LogP contribution in [-0.4, -0.2) is 35.7 Å². The number of nitro benzene ring substituents is 1. The monoisotopic (exact) mass is 415 g/mol. The predicted molar refractivity (Wildman–Crippen MR) is 103 cm³/mol. The smallest absolute Gasteiger partial charge is 0.311 e. The maximum Gasteiger partial charge on any atom is 0.311 e. The molecule has 0 aromatic heterocycles. The molecule has 0 radical (unpaired) electrons. The van der Waals surface area contributed by atoms with Gasteiger partial charge in [-0.1, -0.05) is 35.0 Å². The Morgan fingerprint density at radius 1 is 1.24 bits per heavy atom. The van der Waals surface area contributed by atoms with Crippen molar-refractivity contribution in [2.75, 3.05) is 12.0 Å². The van der Waals surface area contributed by atoms with Gasteiger partial charge in [0.15, 0.2) is 5.75 Å².